The maximum absolute atomic E-state index is 13.4. The van der Waals surface area contributed by atoms with Gasteiger partial charge in [-0.1, -0.05) is 6.92 Å². The summed E-state index contributed by atoms with van der Waals surface area (Å²) >= 11 is 0. The molecule has 0 N–H and O–H groups in total. The number of nitrogens with zero attached hydrogens (tertiary/aromatic N) is 1. The van der Waals surface area contributed by atoms with Crippen molar-refractivity contribution in [2.45, 2.75) is 93.7 Å². The van der Waals surface area contributed by atoms with Crippen LogP contribution in [0.3, 0.4) is 0 Å². The number of halogens is 18. The molecule has 23 heteroatoms. The zero-order valence-electron chi connectivity index (χ0n) is 21.9. The van der Waals surface area contributed by atoms with Crippen LogP contribution in [0.25, 0.3) is 0 Å². The van der Waals surface area contributed by atoms with Gasteiger partial charge in [0, 0.05) is 6.42 Å². The second-order valence-electron chi connectivity index (χ2n) is 8.66. The van der Waals surface area contributed by atoms with Crippen molar-refractivity contribution in [2.75, 3.05) is 26.2 Å². The van der Waals surface area contributed by atoms with Crippen LogP contribution in [0, 0.1) is 0 Å². The summed E-state index contributed by atoms with van der Waals surface area (Å²) in [5.41, 5.74) is 0. The van der Waals surface area contributed by atoms with Gasteiger partial charge in [0.25, 0.3) is 0 Å². The van der Waals surface area contributed by atoms with Crippen LogP contribution >= 0.6 is 0 Å². The highest BCUT2D eigenvalue weighted by Crippen LogP contribution is 2.65. The fourth-order valence-electron chi connectivity index (χ4n) is 3.12. The van der Waals surface area contributed by atoms with Crippen LogP contribution < -0.4 is 0 Å². The number of alkyl halides is 18. The van der Waals surface area contributed by atoms with E-state index in [1.54, 1.807) is 0 Å². The van der Waals surface area contributed by atoms with E-state index in [0.29, 0.717) is 0 Å². The summed E-state index contributed by atoms with van der Waals surface area (Å²) in [6.45, 7) is 14.1. The summed E-state index contributed by atoms with van der Waals surface area (Å²) < 4.78 is 268. The van der Waals surface area contributed by atoms with Gasteiger partial charge in [-0.25, -0.2) is 8.42 Å². The first-order chi connectivity index (χ1) is 18.1. The Labute approximate surface area is 227 Å². The molecule has 0 saturated carbocycles. The van der Waals surface area contributed by atoms with Gasteiger partial charge in [0.1, 0.15) is 0 Å². The van der Waals surface area contributed by atoms with Crippen LogP contribution in [0.4, 0.5) is 79.0 Å². The van der Waals surface area contributed by atoms with Crippen molar-refractivity contribution in [1.82, 2.24) is 0 Å². The van der Waals surface area contributed by atoms with Crippen molar-refractivity contribution >= 4 is 10.1 Å². The largest absolute Gasteiger partial charge is 0.743 e. The summed E-state index contributed by atoms with van der Waals surface area (Å²) in [4.78, 5) is 0. The molecule has 0 aromatic rings. The average molecular weight is 689 g/mol. The molecular weight excluding hydrogens is 664 g/mol. The number of rotatable bonds is 14. The first-order valence-electron chi connectivity index (χ1n) is 11.3. The predicted molar refractivity (Wildman–Crippen MR) is 107 cm³/mol. The lowest BCUT2D eigenvalue weighted by Crippen LogP contribution is -2.76. The van der Waals surface area contributed by atoms with E-state index in [-0.39, 0.29) is 6.92 Å². The Kier molecular flexibility index (Phi) is 12.4. The second kappa shape index (κ2) is 12.2. The molecule has 0 saturated heterocycles. The lowest BCUT2D eigenvalue weighted by Gasteiger charge is -2.44. The molecule has 0 unspecified atom stereocenters. The molecule has 256 valence electrons. The van der Waals surface area contributed by atoms with Crippen molar-refractivity contribution in [2.24, 2.45) is 0 Å². The quantitative estimate of drug-likeness (QED) is 0.108. The molecule has 0 spiro atoms. The molecule has 0 amide bonds. The van der Waals surface area contributed by atoms with Crippen LogP contribution in [0.5, 0.6) is 0 Å². The Balaban J connectivity index is 0. The molecule has 0 aliphatic carbocycles. The summed E-state index contributed by atoms with van der Waals surface area (Å²) in [6, 6.07) is 0. The molecule has 0 bridgehead atoms. The highest BCUT2D eigenvalue weighted by molar-refractivity contribution is 7.86. The monoisotopic (exact) mass is 689 g/mol. The van der Waals surface area contributed by atoms with Crippen LogP contribution in [-0.4, -0.2) is 96.3 Å². The topological polar surface area (TPSA) is 57.2 Å². The molecule has 0 radical (unpaired) electrons. The Morgan fingerprint density at radius 1 is 0.452 bits per heavy atom. The fourth-order valence-corrected chi connectivity index (χ4v) is 3.56. The van der Waals surface area contributed by atoms with Crippen molar-refractivity contribution < 1.29 is 96.5 Å². The van der Waals surface area contributed by atoms with Gasteiger partial charge >= 0.3 is 52.6 Å². The SMILES string of the molecule is CCC(F)(F)C(F)(F)C(F)(F)C(F)(F)C(F)(F)C(F)(F)C(F)(F)C(F)(F)C(F)(F)S(=O)(=O)[O-].CC[N+](CC)(CC)CC. The van der Waals surface area contributed by atoms with E-state index < -0.39 is 69.2 Å². The van der Waals surface area contributed by atoms with E-state index >= 15 is 0 Å². The van der Waals surface area contributed by atoms with Gasteiger partial charge in [-0.2, -0.15) is 79.0 Å². The van der Waals surface area contributed by atoms with Crippen LogP contribution in [0.15, 0.2) is 0 Å². The van der Waals surface area contributed by atoms with Gasteiger partial charge in [0.2, 0.25) is 0 Å². The van der Waals surface area contributed by atoms with E-state index in [1.165, 1.54) is 30.7 Å². The second-order valence-corrected chi connectivity index (χ2v) is 10.1. The Hall–Kier alpha value is -1.39. The van der Waals surface area contributed by atoms with Gasteiger partial charge in [0.05, 0.1) is 26.2 Å². The standard InChI is InChI=1S/C11H6F18O3S.C8H20N/c1-2-3(12,13)4(14,15)5(16,17)6(18,19)7(20,21)8(22,23)9(24,25)10(26,27)11(28,29)33(30,31)32;1-5-9(6-2,7-3)8-4/h2H2,1H3,(H,30,31,32);5-8H2,1-4H3/q;+1/p-1. The average Bonchev–Trinajstić information content (AvgIpc) is 2.84. The summed E-state index contributed by atoms with van der Waals surface area (Å²) in [5.74, 6) is -67.1. The lowest BCUT2D eigenvalue weighted by molar-refractivity contribution is -0.921. The Morgan fingerprint density at radius 2 is 0.667 bits per heavy atom. The number of quaternary nitrogens is 1. The van der Waals surface area contributed by atoms with Crippen molar-refractivity contribution in [1.29, 1.82) is 0 Å². The summed E-state index contributed by atoms with van der Waals surface area (Å²) in [5, 5.41) is -8.01. The molecule has 0 rings (SSSR count). The molecule has 0 atom stereocenters. The summed E-state index contributed by atoms with van der Waals surface area (Å²) in [6.07, 6.45) is -2.60. The third-order valence-corrected chi connectivity index (χ3v) is 7.52. The molecule has 42 heavy (non-hydrogen) atoms. The van der Waals surface area contributed by atoms with E-state index in [9.17, 15) is 92.0 Å². The van der Waals surface area contributed by atoms with Gasteiger partial charge in [-0.05, 0) is 27.7 Å². The van der Waals surface area contributed by atoms with Crippen molar-refractivity contribution in [3.8, 4) is 0 Å². The first kappa shape index (κ1) is 42.7. The maximum Gasteiger partial charge on any atom is 0.402 e. The lowest BCUT2D eigenvalue weighted by atomic mass is 9.87. The first-order valence-corrected chi connectivity index (χ1v) is 12.7. The third kappa shape index (κ3) is 6.10. The Bertz CT molecular complexity index is 992. The van der Waals surface area contributed by atoms with Crippen LogP contribution in [0.1, 0.15) is 41.0 Å². The van der Waals surface area contributed by atoms with E-state index in [1.807, 2.05) is 0 Å². The molecular formula is C19H25F18NO3S. The zero-order chi connectivity index (χ0) is 35.0. The normalized spacial score (nSPS) is 15.8. The van der Waals surface area contributed by atoms with Gasteiger partial charge in [0.15, 0.2) is 10.1 Å². The molecule has 0 fully saturated rings. The van der Waals surface area contributed by atoms with Gasteiger partial charge in [-0.15, -0.1) is 0 Å². The van der Waals surface area contributed by atoms with Crippen LogP contribution in [-0.2, 0) is 10.1 Å². The Morgan fingerprint density at radius 3 is 0.833 bits per heavy atom. The van der Waals surface area contributed by atoms with E-state index in [2.05, 4.69) is 27.7 Å². The molecule has 4 nitrogen and oxygen atoms in total. The number of hydrogen-bond donors (Lipinski definition) is 0. The fraction of sp³-hybridized carbons (Fsp3) is 1.00. The van der Waals surface area contributed by atoms with Crippen molar-refractivity contribution in [3.63, 3.8) is 0 Å². The van der Waals surface area contributed by atoms with Crippen LogP contribution in [0.2, 0.25) is 0 Å². The minimum Gasteiger partial charge on any atom is -0.743 e. The van der Waals surface area contributed by atoms with E-state index in [4.69, 9.17) is 0 Å². The number of hydrogen-bond acceptors (Lipinski definition) is 3. The minimum atomic E-state index is -9.03. The molecule has 0 aromatic heterocycles. The summed E-state index contributed by atoms with van der Waals surface area (Å²) in [7, 11) is -8.21. The van der Waals surface area contributed by atoms with E-state index in [0.717, 1.165) is 0 Å². The highest BCUT2D eigenvalue weighted by Gasteiger charge is 2.96. The minimum absolute atomic E-state index is 0.172. The predicted octanol–water partition coefficient (Wildman–Crippen LogP) is 7.50. The molecule has 0 aromatic carbocycles. The molecule has 0 aliphatic rings. The van der Waals surface area contributed by atoms with Gasteiger partial charge < -0.3 is 9.04 Å². The smallest absolute Gasteiger partial charge is 0.402 e. The maximum atomic E-state index is 13.4. The van der Waals surface area contributed by atoms with Crippen molar-refractivity contribution in [3.05, 3.63) is 0 Å². The zero-order valence-corrected chi connectivity index (χ0v) is 22.7. The van der Waals surface area contributed by atoms with Gasteiger partial charge in [-0.3, -0.25) is 0 Å². The molecule has 0 heterocycles. The molecule has 0 aliphatic heterocycles. The highest BCUT2D eigenvalue weighted by atomic mass is 32.2. The third-order valence-electron chi connectivity index (χ3n) is 6.63.